The second-order valence-corrected chi connectivity index (χ2v) is 3.40. The first-order valence-corrected chi connectivity index (χ1v) is 5.02. The molecule has 0 N–H and O–H groups in total. The maximum absolute atomic E-state index is 4.55. The molecule has 0 amide bonds. The molecule has 0 aromatic heterocycles. The Bertz CT molecular complexity index is 443. The third kappa shape index (κ3) is 2.53. The van der Waals surface area contributed by atoms with Crippen molar-refractivity contribution in [3.63, 3.8) is 0 Å². The number of aliphatic imine (C=N–C) groups is 1. The van der Waals surface area contributed by atoms with Crippen LogP contribution in [0.15, 0.2) is 65.7 Å². The number of benzene rings is 2. The van der Waals surface area contributed by atoms with Gasteiger partial charge in [-0.1, -0.05) is 48.5 Å². The second kappa shape index (κ2) is 4.56. The van der Waals surface area contributed by atoms with Gasteiger partial charge in [-0.15, -0.1) is 0 Å². The van der Waals surface area contributed by atoms with Crippen molar-refractivity contribution in [3.8, 4) is 0 Å². The lowest BCUT2D eigenvalue weighted by atomic mass is 10.1. The zero-order valence-corrected chi connectivity index (χ0v) is 8.72. The number of nitrogens with zero attached hydrogens (tertiary/aromatic N) is 1. The quantitative estimate of drug-likeness (QED) is 0.511. The summed E-state index contributed by atoms with van der Waals surface area (Å²) in [4.78, 5) is 4.55. The van der Waals surface area contributed by atoms with Gasteiger partial charge >= 0.3 is 0 Å². The molecular weight excluding hydrogens is 183 g/mol. The average Bonchev–Trinajstić information content (AvgIpc) is 2.31. The number of hydrogen-bond acceptors (Lipinski definition) is 1. The van der Waals surface area contributed by atoms with Crippen LogP contribution in [0.25, 0.3) is 0 Å². The fourth-order valence-corrected chi connectivity index (χ4v) is 1.44. The molecule has 0 fully saturated rings. The fraction of sp³-hybridized carbons (Fsp3) is 0.0714. The van der Waals surface area contributed by atoms with Crippen molar-refractivity contribution in [2.75, 3.05) is 0 Å². The predicted octanol–water partition coefficient (Wildman–Crippen LogP) is 3.83. The number of hydrogen-bond donors (Lipinski definition) is 0. The fourth-order valence-electron chi connectivity index (χ4n) is 1.44. The molecule has 2 aromatic carbocycles. The molecule has 2 aromatic rings. The molecule has 0 saturated carbocycles. The van der Waals surface area contributed by atoms with Gasteiger partial charge < -0.3 is 0 Å². The van der Waals surface area contributed by atoms with Gasteiger partial charge in [0.15, 0.2) is 0 Å². The summed E-state index contributed by atoms with van der Waals surface area (Å²) in [5, 5.41) is 0. The van der Waals surface area contributed by atoms with E-state index >= 15 is 0 Å². The van der Waals surface area contributed by atoms with Crippen LogP contribution in [-0.4, -0.2) is 5.71 Å². The Balaban J connectivity index is 2.29. The molecule has 0 aliphatic heterocycles. The SMILES string of the molecule is CC(=[15N]c1ccccc1)c1ccccc1. The molecule has 0 radical (unpaired) electrons. The van der Waals surface area contributed by atoms with Gasteiger partial charge in [-0.3, -0.25) is 4.99 Å². The van der Waals surface area contributed by atoms with Gasteiger partial charge in [0, 0.05) is 5.71 Å². The molecule has 0 bridgehead atoms. The van der Waals surface area contributed by atoms with Crippen molar-refractivity contribution < 1.29 is 0 Å². The van der Waals surface area contributed by atoms with Gasteiger partial charge in [0.25, 0.3) is 0 Å². The Labute approximate surface area is 90.1 Å². The van der Waals surface area contributed by atoms with E-state index < -0.39 is 0 Å². The lowest BCUT2D eigenvalue weighted by Crippen LogP contribution is -1.92. The minimum atomic E-state index is 0.999. The maximum atomic E-state index is 4.55. The first kappa shape index (κ1) is 9.66. The molecule has 15 heavy (non-hydrogen) atoms. The van der Waals surface area contributed by atoms with Crippen LogP contribution < -0.4 is 0 Å². The normalized spacial score (nSPS) is 11.4. The summed E-state index contributed by atoms with van der Waals surface area (Å²) in [6.45, 7) is 2.03. The van der Waals surface area contributed by atoms with Crippen LogP contribution in [0.2, 0.25) is 0 Å². The van der Waals surface area contributed by atoms with E-state index in [9.17, 15) is 0 Å². The third-order valence-electron chi connectivity index (χ3n) is 2.24. The summed E-state index contributed by atoms with van der Waals surface area (Å²) in [7, 11) is 0. The van der Waals surface area contributed by atoms with E-state index in [1.165, 1.54) is 5.56 Å². The summed E-state index contributed by atoms with van der Waals surface area (Å²) in [5.74, 6) is 0. The molecule has 0 saturated heterocycles. The van der Waals surface area contributed by atoms with Gasteiger partial charge in [0.2, 0.25) is 0 Å². The van der Waals surface area contributed by atoms with Crippen LogP contribution in [0.3, 0.4) is 0 Å². The van der Waals surface area contributed by atoms with Crippen LogP contribution >= 0.6 is 0 Å². The van der Waals surface area contributed by atoms with E-state index in [1.54, 1.807) is 0 Å². The van der Waals surface area contributed by atoms with Crippen molar-refractivity contribution in [2.45, 2.75) is 6.92 Å². The van der Waals surface area contributed by atoms with E-state index in [4.69, 9.17) is 0 Å². The molecule has 0 heterocycles. The molecule has 1 nitrogen and oxygen atoms in total. The van der Waals surface area contributed by atoms with E-state index in [0.717, 1.165) is 11.4 Å². The van der Waals surface area contributed by atoms with Crippen LogP contribution in [0.4, 0.5) is 5.69 Å². The Hall–Kier alpha value is -1.89. The monoisotopic (exact) mass is 196 g/mol. The molecule has 0 atom stereocenters. The number of rotatable bonds is 2. The summed E-state index contributed by atoms with van der Waals surface area (Å²) in [6, 6.07) is 20.2. The van der Waals surface area contributed by atoms with Crippen LogP contribution in [-0.2, 0) is 0 Å². The topological polar surface area (TPSA) is 12.4 Å². The zero-order valence-electron chi connectivity index (χ0n) is 8.72. The summed E-state index contributed by atoms with van der Waals surface area (Å²) >= 11 is 0. The molecule has 0 aliphatic rings. The molecule has 2 rings (SSSR count). The highest BCUT2D eigenvalue weighted by Crippen LogP contribution is 2.12. The van der Waals surface area contributed by atoms with Crippen LogP contribution in [0.1, 0.15) is 12.5 Å². The van der Waals surface area contributed by atoms with E-state index in [0.29, 0.717) is 0 Å². The van der Waals surface area contributed by atoms with Gasteiger partial charge in [-0.05, 0) is 24.6 Å². The van der Waals surface area contributed by atoms with Crippen molar-refractivity contribution in [2.24, 2.45) is 4.99 Å². The van der Waals surface area contributed by atoms with Gasteiger partial charge in [0.1, 0.15) is 0 Å². The van der Waals surface area contributed by atoms with Crippen molar-refractivity contribution >= 4 is 11.4 Å². The first-order valence-electron chi connectivity index (χ1n) is 5.02. The van der Waals surface area contributed by atoms with Gasteiger partial charge in [0.05, 0.1) is 5.69 Å². The lowest BCUT2D eigenvalue weighted by molar-refractivity contribution is 1.48. The van der Waals surface area contributed by atoms with Crippen molar-refractivity contribution in [3.05, 3.63) is 66.2 Å². The Morgan fingerprint density at radius 3 is 1.93 bits per heavy atom. The Morgan fingerprint density at radius 2 is 1.33 bits per heavy atom. The summed E-state index contributed by atoms with van der Waals surface area (Å²) < 4.78 is 0. The van der Waals surface area contributed by atoms with Gasteiger partial charge in [-0.2, -0.15) is 0 Å². The standard InChI is InChI=1S/C14H13N/c1-12(13-8-4-2-5-9-13)15-14-10-6-3-7-11-14/h2-11H,1H3/i15+1. The van der Waals surface area contributed by atoms with Crippen molar-refractivity contribution in [1.82, 2.24) is 0 Å². The highest BCUT2D eigenvalue weighted by atomic mass is 15.5. The maximum Gasteiger partial charge on any atom is 0.0633 e. The molecule has 0 spiro atoms. The third-order valence-corrected chi connectivity index (χ3v) is 2.24. The summed E-state index contributed by atoms with van der Waals surface area (Å²) in [5.41, 5.74) is 3.21. The molecule has 0 unspecified atom stereocenters. The molecule has 0 aliphatic carbocycles. The highest BCUT2D eigenvalue weighted by molar-refractivity contribution is 6.00. The van der Waals surface area contributed by atoms with E-state index in [-0.39, 0.29) is 0 Å². The second-order valence-electron chi connectivity index (χ2n) is 3.40. The first-order chi connectivity index (χ1) is 7.36. The number of para-hydroxylation sites is 1. The Morgan fingerprint density at radius 1 is 0.800 bits per heavy atom. The van der Waals surface area contributed by atoms with E-state index in [2.05, 4.69) is 17.1 Å². The van der Waals surface area contributed by atoms with E-state index in [1.807, 2.05) is 55.5 Å². The molecule has 74 valence electrons. The smallest absolute Gasteiger partial charge is 0.0633 e. The predicted molar refractivity (Wildman–Crippen MR) is 64.8 cm³/mol. The average molecular weight is 196 g/mol. The highest BCUT2D eigenvalue weighted by Gasteiger charge is 1.95. The van der Waals surface area contributed by atoms with Crippen LogP contribution in [0.5, 0.6) is 0 Å². The van der Waals surface area contributed by atoms with Crippen LogP contribution in [0, 0.1) is 0 Å². The van der Waals surface area contributed by atoms with Crippen molar-refractivity contribution in [1.29, 1.82) is 0 Å². The lowest BCUT2D eigenvalue weighted by Gasteiger charge is -2.00. The molecular formula is C14H13N. The Kier molecular flexibility index (Phi) is 2.93. The van der Waals surface area contributed by atoms with Gasteiger partial charge in [-0.25, -0.2) is 0 Å². The zero-order chi connectivity index (χ0) is 10.5. The minimum absolute atomic E-state index is 0.999. The minimum Gasteiger partial charge on any atom is -0.253 e. The molecule has 1 heteroatoms. The largest absolute Gasteiger partial charge is 0.253 e. The summed E-state index contributed by atoms with van der Waals surface area (Å²) in [6.07, 6.45) is 0.